The molecule has 0 spiro atoms. The first-order valence-corrected chi connectivity index (χ1v) is 7.01. The van der Waals surface area contributed by atoms with Crippen molar-refractivity contribution in [2.75, 3.05) is 6.54 Å². The minimum Gasteiger partial charge on any atom is -0.352 e. The molecule has 0 aliphatic carbocycles. The molecular formula is C13H12BrF3N2O2. The smallest absolute Gasteiger partial charge is 0.352 e. The van der Waals surface area contributed by atoms with E-state index in [0.29, 0.717) is 12.8 Å². The highest BCUT2D eigenvalue weighted by Gasteiger charge is 2.33. The third kappa shape index (κ3) is 3.96. The minimum atomic E-state index is -4.53. The molecular weight excluding hydrogens is 353 g/mol. The lowest BCUT2D eigenvalue weighted by atomic mass is 10.1. The van der Waals surface area contributed by atoms with E-state index in [1.807, 2.05) is 0 Å². The molecule has 1 aliphatic heterocycles. The molecule has 1 saturated heterocycles. The third-order valence-corrected chi connectivity index (χ3v) is 3.82. The predicted octanol–water partition coefficient (Wildman–Crippen LogP) is 2.48. The molecule has 1 unspecified atom stereocenters. The standard InChI is InChI=1S/C13H12BrF3N2O2/c14-10-3-1-7(5-9(10)13(15,16)17)12(21)18-6-8-2-4-11(20)19-8/h1,3,5,8H,2,4,6H2,(H,18,21)(H,19,20). The molecule has 1 aliphatic rings. The summed E-state index contributed by atoms with van der Waals surface area (Å²) in [5, 5.41) is 5.19. The van der Waals surface area contributed by atoms with Gasteiger partial charge >= 0.3 is 6.18 Å². The highest BCUT2D eigenvalue weighted by molar-refractivity contribution is 9.10. The van der Waals surface area contributed by atoms with Crippen LogP contribution >= 0.6 is 15.9 Å². The molecule has 8 heteroatoms. The Morgan fingerprint density at radius 3 is 2.71 bits per heavy atom. The number of amides is 2. The van der Waals surface area contributed by atoms with Crippen LogP contribution in [0.1, 0.15) is 28.8 Å². The van der Waals surface area contributed by atoms with E-state index in [9.17, 15) is 22.8 Å². The van der Waals surface area contributed by atoms with Crippen molar-refractivity contribution in [1.29, 1.82) is 0 Å². The molecule has 0 bridgehead atoms. The Hall–Kier alpha value is -1.57. The molecule has 1 fully saturated rings. The van der Waals surface area contributed by atoms with Crippen molar-refractivity contribution in [2.45, 2.75) is 25.1 Å². The van der Waals surface area contributed by atoms with Gasteiger partial charge in [0.2, 0.25) is 5.91 Å². The number of carbonyl (C=O) groups is 2. The van der Waals surface area contributed by atoms with E-state index in [0.717, 1.165) is 6.07 Å². The number of nitrogens with one attached hydrogen (secondary N) is 2. The Bertz CT molecular complexity index is 575. The topological polar surface area (TPSA) is 58.2 Å². The van der Waals surface area contributed by atoms with Gasteiger partial charge in [-0.2, -0.15) is 13.2 Å². The fourth-order valence-corrected chi connectivity index (χ4v) is 2.50. The maximum atomic E-state index is 12.8. The van der Waals surface area contributed by atoms with Crippen LogP contribution in [0.2, 0.25) is 0 Å². The van der Waals surface area contributed by atoms with Crippen LogP contribution in [0.25, 0.3) is 0 Å². The van der Waals surface area contributed by atoms with Gasteiger partial charge in [0.1, 0.15) is 0 Å². The summed E-state index contributed by atoms with van der Waals surface area (Å²) in [6.45, 7) is 0.196. The lowest BCUT2D eigenvalue weighted by Crippen LogP contribution is -2.38. The quantitative estimate of drug-likeness (QED) is 0.865. The fraction of sp³-hybridized carbons (Fsp3) is 0.385. The largest absolute Gasteiger partial charge is 0.417 e. The van der Waals surface area contributed by atoms with Gasteiger partial charge in [-0.1, -0.05) is 15.9 Å². The van der Waals surface area contributed by atoms with Crippen LogP contribution in [0, 0.1) is 0 Å². The molecule has 0 aromatic heterocycles. The Labute approximate surface area is 127 Å². The molecule has 2 amide bonds. The summed E-state index contributed by atoms with van der Waals surface area (Å²) in [6.07, 6.45) is -3.53. The Balaban J connectivity index is 2.04. The van der Waals surface area contributed by atoms with Gasteiger partial charge in [0.15, 0.2) is 0 Å². The fourth-order valence-electron chi connectivity index (χ4n) is 2.03. The molecule has 21 heavy (non-hydrogen) atoms. The number of halogens is 4. The summed E-state index contributed by atoms with van der Waals surface area (Å²) in [6, 6.07) is 3.13. The van der Waals surface area contributed by atoms with E-state index in [1.54, 1.807) is 0 Å². The highest BCUT2D eigenvalue weighted by atomic mass is 79.9. The van der Waals surface area contributed by atoms with Crippen LogP contribution in [0.15, 0.2) is 22.7 Å². The van der Waals surface area contributed by atoms with Crippen molar-refractivity contribution >= 4 is 27.7 Å². The van der Waals surface area contributed by atoms with E-state index >= 15 is 0 Å². The first-order chi connectivity index (χ1) is 9.77. The van der Waals surface area contributed by atoms with E-state index in [2.05, 4.69) is 26.6 Å². The van der Waals surface area contributed by atoms with Crippen LogP contribution in [-0.4, -0.2) is 24.4 Å². The first kappa shape index (κ1) is 15.8. The number of alkyl halides is 3. The van der Waals surface area contributed by atoms with Gasteiger partial charge in [-0.15, -0.1) is 0 Å². The zero-order valence-electron chi connectivity index (χ0n) is 10.8. The van der Waals surface area contributed by atoms with Crippen molar-refractivity contribution in [3.8, 4) is 0 Å². The van der Waals surface area contributed by atoms with Crippen molar-refractivity contribution in [1.82, 2.24) is 10.6 Å². The highest BCUT2D eigenvalue weighted by Crippen LogP contribution is 2.35. The Kier molecular flexibility index (Phi) is 4.55. The predicted molar refractivity (Wildman–Crippen MR) is 72.6 cm³/mol. The van der Waals surface area contributed by atoms with Gasteiger partial charge in [0, 0.05) is 29.0 Å². The maximum Gasteiger partial charge on any atom is 0.417 e. The Morgan fingerprint density at radius 1 is 1.43 bits per heavy atom. The average molecular weight is 365 g/mol. The van der Waals surface area contributed by atoms with E-state index in [1.165, 1.54) is 12.1 Å². The molecule has 1 heterocycles. The monoisotopic (exact) mass is 364 g/mol. The SMILES string of the molecule is O=C1CCC(CNC(=O)c2ccc(Br)c(C(F)(F)F)c2)N1. The lowest BCUT2D eigenvalue weighted by molar-refractivity contribution is -0.138. The second kappa shape index (κ2) is 6.05. The Morgan fingerprint density at radius 2 is 2.14 bits per heavy atom. The minimum absolute atomic E-state index is 0.0742. The van der Waals surface area contributed by atoms with Gasteiger partial charge in [0.25, 0.3) is 5.91 Å². The zero-order chi connectivity index (χ0) is 15.6. The van der Waals surface area contributed by atoms with Crippen LogP contribution in [0.4, 0.5) is 13.2 Å². The number of hydrogen-bond donors (Lipinski definition) is 2. The number of carbonyl (C=O) groups excluding carboxylic acids is 2. The van der Waals surface area contributed by atoms with Crippen molar-refractivity contribution in [3.63, 3.8) is 0 Å². The summed E-state index contributed by atoms with van der Waals surface area (Å²) in [5.74, 6) is -0.689. The summed E-state index contributed by atoms with van der Waals surface area (Å²) in [5.41, 5.74) is -0.973. The summed E-state index contributed by atoms with van der Waals surface area (Å²) in [7, 11) is 0. The van der Waals surface area contributed by atoms with Gasteiger partial charge in [-0.05, 0) is 24.6 Å². The van der Waals surface area contributed by atoms with Crippen molar-refractivity contribution < 1.29 is 22.8 Å². The van der Waals surface area contributed by atoms with Crippen LogP contribution in [0.3, 0.4) is 0 Å². The van der Waals surface area contributed by atoms with Crippen molar-refractivity contribution in [2.24, 2.45) is 0 Å². The van der Waals surface area contributed by atoms with Gasteiger partial charge < -0.3 is 10.6 Å². The first-order valence-electron chi connectivity index (χ1n) is 6.21. The average Bonchev–Trinajstić information content (AvgIpc) is 2.81. The number of rotatable bonds is 3. The van der Waals surface area contributed by atoms with Crippen LogP contribution in [-0.2, 0) is 11.0 Å². The van der Waals surface area contributed by atoms with E-state index in [4.69, 9.17) is 0 Å². The number of hydrogen-bond acceptors (Lipinski definition) is 2. The second-order valence-corrected chi connectivity index (χ2v) is 5.56. The molecule has 4 nitrogen and oxygen atoms in total. The normalized spacial score (nSPS) is 18.5. The molecule has 2 rings (SSSR count). The molecule has 1 aromatic rings. The summed E-state index contributed by atoms with van der Waals surface area (Å²) >= 11 is 2.82. The van der Waals surface area contributed by atoms with Crippen LogP contribution < -0.4 is 10.6 Å². The van der Waals surface area contributed by atoms with Gasteiger partial charge in [-0.25, -0.2) is 0 Å². The molecule has 114 valence electrons. The van der Waals surface area contributed by atoms with Crippen molar-refractivity contribution in [3.05, 3.63) is 33.8 Å². The van der Waals surface area contributed by atoms with Gasteiger partial charge in [-0.3, -0.25) is 9.59 Å². The van der Waals surface area contributed by atoms with Crippen LogP contribution in [0.5, 0.6) is 0 Å². The summed E-state index contributed by atoms with van der Waals surface area (Å²) in [4.78, 5) is 22.9. The summed E-state index contributed by atoms with van der Waals surface area (Å²) < 4.78 is 38.2. The molecule has 0 radical (unpaired) electrons. The lowest BCUT2D eigenvalue weighted by Gasteiger charge is -2.13. The maximum absolute atomic E-state index is 12.8. The number of benzene rings is 1. The third-order valence-electron chi connectivity index (χ3n) is 3.13. The van der Waals surface area contributed by atoms with E-state index < -0.39 is 17.6 Å². The molecule has 0 saturated carbocycles. The second-order valence-electron chi connectivity index (χ2n) is 4.71. The molecule has 1 atom stereocenters. The molecule has 2 N–H and O–H groups in total. The molecule has 1 aromatic carbocycles. The zero-order valence-corrected chi connectivity index (χ0v) is 12.3. The van der Waals surface area contributed by atoms with E-state index in [-0.39, 0.29) is 28.5 Å². The van der Waals surface area contributed by atoms with Gasteiger partial charge in [0.05, 0.1) is 5.56 Å².